The Balaban J connectivity index is 1.94. The topological polar surface area (TPSA) is 15.3 Å². The van der Waals surface area contributed by atoms with E-state index in [1.54, 1.807) is 0 Å². The van der Waals surface area contributed by atoms with Crippen LogP contribution in [0.2, 0.25) is 0 Å². The first kappa shape index (κ1) is 16.7. The molecular formula is C16H30N2S. The Labute approximate surface area is 123 Å². The summed E-state index contributed by atoms with van der Waals surface area (Å²) in [4.78, 5) is 3.96. The van der Waals surface area contributed by atoms with E-state index in [1.807, 2.05) is 11.3 Å². The lowest BCUT2D eigenvalue weighted by molar-refractivity contribution is 0.326. The normalized spacial score (nSPS) is 12.3. The molecule has 0 spiro atoms. The fraction of sp³-hybridized carbons (Fsp3) is 0.750. The van der Waals surface area contributed by atoms with Crippen LogP contribution in [-0.2, 0) is 6.42 Å². The average molecular weight is 282 g/mol. The van der Waals surface area contributed by atoms with Gasteiger partial charge in [-0.2, -0.15) is 0 Å². The van der Waals surface area contributed by atoms with Crippen LogP contribution >= 0.6 is 11.3 Å². The second kappa shape index (κ2) is 8.72. The minimum atomic E-state index is 0.261. The number of likely N-dealkylation sites (N-methyl/N-ethyl adjacent to an activating group) is 1. The molecule has 0 radical (unpaired) electrons. The molecule has 0 unspecified atom stereocenters. The lowest BCUT2D eigenvalue weighted by Crippen LogP contribution is -2.36. The minimum absolute atomic E-state index is 0.261. The molecule has 0 aliphatic rings. The van der Waals surface area contributed by atoms with Gasteiger partial charge in [-0.25, -0.2) is 0 Å². The molecule has 0 bridgehead atoms. The maximum Gasteiger partial charge on any atom is 0.00965 e. The molecule has 1 N–H and O–H groups in total. The van der Waals surface area contributed by atoms with Crippen molar-refractivity contribution < 1.29 is 0 Å². The highest BCUT2D eigenvalue weighted by Crippen LogP contribution is 2.09. The Morgan fingerprint density at radius 1 is 1.16 bits per heavy atom. The van der Waals surface area contributed by atoms with Crippen molar-refractivity contribution in [3.05, 3.63) is 22.4 Å². The number of unbranched alkanes of at least 4 members (excludes halogenated alkanes) is 2. The van der Waals surface area contributed by atoms with Crippen LogP contribution in [0.25, 0.3) is 0 Å². The van der Waals surface area contributed by atoms with Gasteiger partial charge in [0.05, 0.1) is 0 Å². The summed E-state index contributed by atoms with van der Waals surface area (Å²) in [6.45, 7) is 10.2. The molecule has 1 heterocycles. The van der Waals surface area contributed by atoms with E-state index in [0.717, 1.165) is 6.54 Å². The number of rotatable bonds is 9. The molecule has 110 valence electrons. The van der Waals surface area contributed by atoms with E-state index >= 15 is 0 Å². The van der Waals surface area contributed by atoms with Crippen LogP contribution in [0.15, 0.2) is 17.5 Å². The van der Waals surface area contributed by atoms with Crippen molar-refractivity contribution in [2.75, 3.05) is 26.7 Å². The van der Waals surface area contributed by atoms with E-state index in [2.05, 4.69) is 55.5 Å². The van der Waals surface area contributed by atoms with Crippen molar-refractivity contribution in [3.8, 4) is 0 Å². The lowest BCUT2D eigenvalue weighted by atomic mass is 10.1. The summed E-state index contributed by atoms with van der Waals surface area (Å²) in [7, 11) is 2.24. The van der Waals surface area contributed by atoms with Gasteiger partial charge in [0.1, 0.15) is 0 Å². The Hall–Kier alpha value is -0.380. The third kappa shape index (κ3) is 9.20. The molecule has 0 saturated heterocycles. The van der Waals surface area contributed by atoms with Crippen molar-refractivity contribution in [1.82, 2.24) is 10.2 Å². The summed E-state index contributed by atoms with van der Waals surface area (Å²) in [6, 6.07) is 4.37. The van der Waals surface area contributed by atoms with Gasteiger partial charge in [0.2, 0.25) is 0 Å². The Bertz CT molecular complexity index is 314. The zero-order valence-electron chi connectivity index (χ0n) is 13.0. The summed E-state index contributed by atoms with van der Waals surface area (Å²) in [5.74, 6) is 0. The molecule has 1 rings (SSSR count). The summed E-state index contributed by atoms with van der Waals surface area (Å²) in [5.41, 5.74) is 0.261. The van der Waals surface area contributed by atoms with Crippen molar-refractivity contribution >= 4 is 11.3 Å². The van der Waals surface area contributed by atoms with Gasteiger partial charge < -0.3 is 10.2 Å². The first-order chi connectivity index (χ1) is 8.97. The van der Waals surface area contributed by atoms with Crippen LogP contribution < -0.4 is 5.32 Å². The van der Waals surface area contributed by atoms with E-state index in [-0.39, 0.29) is 5.54 Å². The van der Waals surface area contributed by atoms with Gasteiger partial charge >= 0.3 is 0 Å². The highest BCUT2D eigenvalue weighted by atomic mass is 32.1. The molecule has 0 fully saturated rings. The highest BCUT2D eigenvalue weighted by Gasteiger charge is 2.07. The van der Waals surface area contributed by atoms with Crippen LogP contribution in [-0.4, -0.2) is 37.1 Å². The monoisotopic (exact) mass is 282 g/mol. The summed E-state index contributed by atoms with van der Waals surface area (Å²) in [6.07, 6.45) is 5.12. The van der Waals surface area contributed by atoms with Crippen LogP contribution in [0.3, 0.4) is 0 Å². The fourth-order valence-corrected chi connectivity index (χ4v) is 2.71. The Morgan fingerprint density at radius 2 is 1.95 bits per heavy atom. The number of thiophene rings is 1. The Morgan fingerprint density at radius 3 is 2.58 bits per heavy atom. The summed E-state index contributed by atoms with van der Waals surface area (Å²) in [5, 5.41) is 5.71. The van der Waals surface area contributed by atoms with Gasteiger partial charge in [-0.05, 0) is 71.6 Å². The number of hydrogen-bond donors (Lipinski definition) is 1. The first-order valence-electron chi connectivity index (χ1n) is 7.43. The van der Waals surface area contributed by atoms with Gasteiger partial charge in [-0.1, -0.05) is 12.5 Å². The average Bonchev–Trinajstić information content (AvgIpc) is 2.82. The van der Waals surface area contributed by atoms with E-state index in [4.69, 9.17) is 0 Å². The van der Waals surface area contributed by atoms with Crippen LogP contribution in [0, 0.1) is 0 Å². The number of nitrogens with one attached hydrogen (secondary N) is 1. The largest absolute Gasteiger partial charge is 0.312 e. The maximum atomic E-state index is 3.54. The van der Waals surface area contributed by atoms with Gasteiger partial charge in [0.25, 0.3) is 0 Å². The molecule has 0 atom stereocenters. The second-order valence-electron chi connectivity index (χ2n) is 6.37. The van der Waals surface area contributed by atoms with Crippen molar-refractivity contribution in [2.24, 2.45) is 0 Å². The summed E-state index contributed by atoms with van der Waals surface area (Å²) < 4.78 is 0. The number of nitrogens with zero attached hydrogens (tertiary/aromatic N) is 1. The fourth-order valence-electron chi connectivity index (χ4n) is 2.01. The quantitative estimate of drug-likeness (QED) is 0.693. The lowest BCUT2D eigenvalue weighted by Gasteiger charge is -2.20. The van der Waals surface area contributed by atoms with Crippen LogP contribution in [0.4, 0.5) is 0 Å². The van der Waals surface area contributed by atoms with Crippen molar-refractivity contribution in [3.63, 3.8) is 0 Å². The third-order valence-corrected chi connectivity index (χ3v) is 4.13. The Kier molecular flexibility index (Phi) is 7.66. The first-order valence-corrected chi connectivity index (χ1v) is 8.31. The molecular weight excluding hydrogens is 252 g/mol. The molecule has 1 aromatic rings. The maximum absolute atomic E-state index is 3.54. The SMILES string of the molecule is CN(CCCCCNC(C)(C)C)CCc1cccs1. The van der Waals surface area contributed by atoms with Crippen LogP contribution in [0.1, 0.15) is 44.9 Å². The van der Waals surface area contributed by atoms with Gasteiger partial charge in [-0.15, -0.1) is 11.3 Å². The molecule has 0 aliphatic carbocycles. The van der Waals surface area contributed by atoms with Crippen molar-refractivity contribution in [2.45, 2.75) is 52.0 Å². The van der Waals surface area contributed by atoms with Gasteiger partial charge in [-0.3, -0.25) is 0 Å². The van der Waals surface area contributed by atoms with Crippen LogP contribution in [0.5, 0.6) is 0 Å². The molecule has 0 saturated carbocycles. The molecule has 3 heteroatoms. The predicted molar refractivity (Wildman–Crippen MR) is 87.1 cm³/mol. The molecule has 2 nitrogen and oxygen atoms in total. The molecule has 19 heavy (non-hydrogen) atoms. The zero-order valence-corrected chi connectivity index (χ0v) is 13.9. The molecule has 0 aromatic carbocycles. The highest BCUT2D eigenvalue weighted by molar-refractivity contribution is 7.09. The molecule has 0 amide bonds. The summed E-state index contributed by atoms with van der Waals surface area (Å²) >= 11 is 1.87. The van der Waals surface area contributed by atoms with E-state index in [1.165, 1.54) is 43.6 Å². The second-order valence-corrected chi connectivity index (χ2v) is 7.40. The third-order valence-electron chi connectivity index (χ3n) is 3.19. The minimum Gasteiger partial charge on any atom is -0.312 e. The zero-order chi connectivity index (χ0) is 14.1. The number of hydrogen-bond acceptors (Lipinski definition) is 3. The van der Waals surface area contributed by atoms with Gasteiger partial charge in [0.15, 0.2) is 0 Å². The smallest absolute Gasteiger partial charge is 0.00965 e. The standard InChI is InChI=1S/C16H30N2S/c1-16(2,3)17-11-6-5-7-12-18(4)13-10-15-9-8-14-19-15/h8-9,14,17H,5-7,10-13H2,1-4H3. The van der Waals surface area contributed by atoms with E-state index < -0.39 is 0 Å². The van der Waals surface area contributed by atoms with Gasteiger partial charge in [0, 0.05) is 17.0 Å². The predicted octanol–water partition coefficient (Wildman–Crippen LogP) is 3.78. The van der Waals surface area contributed by atoms with Crippen molar-refractivity contribution in [1.29, 1.82) is 0 Å². The van der Waals surface area contributed by atoms with E-state index in [9.17, 15) is 0 Å². The molecule has 0 aliphatic heterocycles. The van der Waals surface area contributed by atoms with E-state index in [0.29, 0.717) is 0 Å². The molecule has 1 aromatic heterocycles.